The zero-order valence-corrected chi connectivity index (χ0v) is 18.1. The van der Waals surface area contributed by atoms with E-state index < -0.39 is 0 Å². The first-order chi connectivity index (χ1) is 13.3. The molecular weight excluding hydrogens is 352 g/mol. The molecule has 6 heteroatoms. The van der Waals surface area contributed by atoms with E-state index in [0.29, 0.717) is 18.4 Å². The molecule has 158 valence electrons. The van der Waals surface area contributed by atoms with Crippen LogP contribution in [0, 0.1) is 17.8 Å². The number of aliphatic imine (C=N–C) groups is 1. The number of anilines is 1. The van der Waals surface area contributed by atoms with Gasteiger partial charge in [0, 0.05) is 31.3 Å². The third-order valence-corrected chi connectivity index (χ3v) is 4.41. The van der Waals surface area contributed by atoms with E-state index in [-0.39, 0.29) is 18.4 Å². The van der Waals surface area contributed by atoms with Gasteiger partial charge in [0.15, 0.2) is 5.96 Å². The molecule has 0 spiro atoms. The van der Waals surface area contributed by atoms with Gasteiger partial charge in [-0.05, 0) is 49.3 Å². The number of carbonyl (C=O) groups is 1. The molecule has 0 aliphatic heterocycles. The molecule has 0 aliphatic carbocycles. The minimum absolute atomic E-state index is 0.0169. The maximum Gasteiger partial charge on any atom is 0.226 e. The summed E-state index contributed by atoms with van der Waals surface area (Å²) in [4.78, 5) is 16.4. The molecular formula is C22H38N4O2. The minimum Gasteiger partial charge on any atom is -0.396 e. The van der Waals surface area contributed by atoms with Gasteiger partial charge in [0.1, 0.15) is 0 Å². The Morgan fingerprint density at radius 2 is 1.79 bits per heavy atom. The number of nitrogens with one attached hydrogen (secondary N) is 3. The molecule has 1 atom stereocenters. The van der Waals surface area contributed by atoms with Crippen molar-refractivity contribution in [2.45, 2.75) is 54.0 Å². The molecule has 1 unspecified atom stereocenters. The maximum atomic E-state index is 11.8. The van der Waals surface area contributed by atoms with Crippen LogP contribution in [0.3, 0.4) is 0 Å². The van der Waals surface area contributed by atoms with Gasteiger partial charge in [0.05, 0.1) is 6.54 Å². The van der Waals surface area contributed by atoms with Crippen LogP contribution >= 0.6 is 0 Å². The first-order valence-corrected chi connectivity index (χ1v) is 10.4. The van der Waals surface area contributed by atoms with Gasteiger partial charge < -0.3 is 21.1 Å². The molecule has 0 aliphatic rings. The van der Waals surface area contributed by atoms with Crippen LogP contribution in [0.4, 0.5) is 5.69 Å². The Kier molecular flexibility index (Phi) is 11.3. The normalized spacial score (nSPS) is 12.9. The number of rotatable bonds is 11. The first-order valence-electron chi connectivity index (χ1n) is 10.4. The smallest absolute Gasteiger partial charge is 0.226 e. The summed E-state index contributed by atoms with van der Waals surface area (Å²) in [5.41, 5.74) is 1.88. The zero-order chi connectivity index (χ0) is 20.9. The Bertz CT molecular complexity index is 597. The number of benzene rings is 1. The van der Waals surface area contributed by atoms with Gasteiger partial charge in [-0.3, -0.25) is 4.79 Å². The highest BCUT2D eigenvalue weighted by Gasteiger charge is 2.11. The van der Waals surface area contributed by atoms with Crippen molar-refractivity contribution in [3.63, 3.8) is 0 Å². The second kappa shape index (κ2) is 13.2. The standard InChI is InChI=1S/C22H38N4O2/c1-6-23-22(25-15-19(11-12-27)13-16(2)3)24-14-18-7-9-20(10-8-18)26-21(28)17(4)5/h7-10,16-17,19,27H,6,11-15H2,1-5H3,(H,26,28)(H2,23,24,25). The van der Waals surface area contributed by atoms with Crippen molar-refractivity contribution in [3.05, 3.63) is 29.8 Å². The lowest BCUT2D eigenvalue weighted by Crippen LogP contribution is -2.40. The lowest BCUT2D eigenvalue weighted by molar-refractivity contribution is -0.118. The molecule has 0 aromatic heterocycles. The Morgan fingerprint density at radius 1 is 1.11 bits per heavy atom. The summed E-state index contributed by atoms with van der Waals surface area (Å²) in [6.07, 6.45) is 1.88. The fourth-order valence-corrected chi connectivity index (χ4v) is 2.89. The van der Waals surface area contributed by atoms with Crippen molar-refractivity contribution in [2.75, 3.05) is 25.0 Å². The number of guanidine groups is 1. The number of carbonyl (C=O) groups excluding carboxylic acids is 1. The molecule has 1 aromatic carbocycles. The Hall–Kier alpha value is -2.08. The molecule has 6 nitrogen and oxygen atoms in total. The van der Waals surface area contributed by atoms with Crippen molar-refractivity contribution in [1.82, 2.24) is 10.6 Å². The van der Waals surface area contributed by atoms with Gasteiger partial charge in [-0.1, -0.05) is 39.8 Å². The molecule has 1 rings (SSSR count). The lowest BCUT2D eigenvalue weighted by Gasteiger charge is -2.20. The molecule has 1 aromatic rings. The molecule has 0 bridgehead atoms. The second-order valence-corrected chi connectivity index (χ2v) is 7.92. The Balaban J connectivity index is 2.64. The minimum atomic E-state index is -0.0385. The topological polar surface area (TPSA) is 85.8 Å². The monoisotopic (exact) mass is 390 g/mol. The molecule has 0 heterocycles. The molecule has 4 N–H and O–H groups in total. The van der Waals surface area contributed by atoms with E-state index in [1.54, 1.807) is 0 Å². The van der Waals surface area contributed by atoms with E-state index in [0.717, 1.165) is 43.1 Å². The Labute approximate surface area is 170 Å². The van der Waals surface area contributed by atoms with E-state index in [1.807, 2.05) is 45.0 Å². The van der Waals surface area contributed by atoms with Gasteiger partial charge in [0.2, 0.25) is 5.91 Å². The van der Waals surface area contributed by atoms with Crippen LogP contribution in [0.1, 0.15) is 53.0 Å². The van der Waals surface area contributed by atoms with E-state index in [4.69, 9.17) is 0 Å². The molecule has 0 saturated heterocycles. The fraction of sp³-hybridized carbons (Fsp3) is 0.636. The van der Waals surface area contributed by atoms with Gasteiger partial charge in [-0.25, -0.2) is 4.99 Å². The SMILES string of the molecule is CCNC(=NCc1ccc(NC(=O)C(C)C)cc1)NCC(CCO)CC(C)C. The Morgan fingerprint density at radius 3 is 2.32 bits per heavy atom. The number of aliphatic hydroxyl groups excluding tert-OH is 1. The predicted octanol–water partition coefficient (Wildman–Crippen LogP) is 3.38. The van der Waals surface area contributed by atoms with Gasteiger partial charge >= 0.3 is 0 Å². The maximum absolute atomic E-state index is 11.8. The van der Waals surface area contributed by atoms with Crippen LogP contribution in [0.25, 0.3) is 0 Å². The highest BCUT2D eigenvalue weighted by atomic mass is 16.3. The van der Waals surface area contributed by atoms with E-state index in [1.165, 1.54) is 0 Å². The van der Waals surface area contributed by atoms with Crippen LogP contribution in [0.5, 0.6) is 0 Å². The average Bonchev–Trinajstić information content (AvgIpc) is 2.64. The summed E-state index contributed by atoms with van der Waals surface area (Å²) < 4.78 is 0. The van der Waals surface area contributed by atoms with E-state index in [2.05, 4.69) is 34.8 Å². The summed E-state index contributed by atoms with van der Waals surface area (Å²) in [6.45, 7) is 12.6. The van der Waals surface area contributed by atoms with Crippen molar-refractivity contribution in [3.8, 4) is 0 Å². The number of hydrogen-bond donors (Lipinski definition) is 4. The molecule has 28 heavy (non-hydrogen) atoms. The highest BCUT2D eigenvalue weighted by molar-refractivity contribution is 5.92. The number of hydrogen-bond acceptors (Lipinski definition) is 3. The van der Waals surface area contributed by atoms with Crippen LogP contribution in [0.15, 0.2) is 29.3 Å². The molecule has 0 fully saturated rings. The zero-order valence-electron chi connectivity index (χ0n) is 18.1. The van der Waals surface area contributed by atoms with E-state index in [9.17, 15) is 9.90 Å². The van der Waals surface area contributed by atoms with Crippen LogP contribution in [-0.2, 0) is 11.3 Å². The summed E-state index contributed by atoms with van der Waals surface area (Å²) in [6, 6.07) is 7.78. The lowest BCUT2D eigenvalue weighted by atomic mass is 9.94. The number of aliphatic hydroxyl groups is 1. The molecule has 0 radical (unpaired) electrons. The van der Waals surface area contributed by atoms with Crippen molar-refractivity contribution in [2.24, 2.45) is 22.7 Å². The van der Waals surface area contributed by atoms with Crippen molar-refractivity contribution >= 4 is 17.6 Å². The summed E-state index contributed by atoms with van der Waals surface area (Å²) in [7, 11) is 0. The first kappa shape index (κ1) is 24.0. The molecule has 0 saturated carbocycles. The van der Waals surface area contributed by atoms with Crippen LogP contribution in [0.2, 0.25) is 0 Å². The summed E-state index contributed by atoms with van der Waals surface area (Å²) in [5.74, 6) is 1.79. The third-order valence-electron chi connectivity index (χ3n) is 4.41. The number of amides is 1. The summed E-state index contributed by atoms with van der Waals surface area (Å²) in [5, 5.41) is 18.8. The van der Waals surface area contributed by atoms with Crippen LogP contribution in [-0.4, -0.2) is 36.7 Å². The largest absolute Gasteiger partial charge is 0.396 e. The van der Waals surface area contributed by atoms with E-state index >= 15 is 0 Å². The predicted molar refractivity (Wildman–Crippen MR) is 117 cm³/mol. The second-order valence-electron chi connectivity index (χ2n) is 7.92. The van der Waals surface area contributed by atoms with Crippen LogP contribution < -0.4 is 16.0 Å². The average molecular weight is 391 g/mol. The quantitative estimate of drug-likeness (QED) is 0.345. The van der Waals surface area contributed by atoms with Crippen molar-refractivity contribution < 1.29 is 9.90 Å². The third kappa shape index (κ3) is 9.74. The van der Waals surface area contributed by atoms with Crippen molar-refractivity contribution in [1.29, 1.82) is 0 Å². The summed E-state index contributed by atoms with van der Waals surface area (Å²) >= 11 is 0. The van der Waals surface area contributed by atoms with Gasteiger partial charge in [-0.2, -0.15) is 0 Å². The van der Waals surface area contributed by atoms with Gasteiger partial charge in [-0.15, -0.1) is 0 Å². The fourth-order valence-electron chi connectivity index (χ4n) is 2.89. The number of nitrogens with zero attached hydrogens (tertiary/aromatic N) is 1. The molecule has 1 amide bonds. The highest BCUT2D eigenvalue weighted by Crippen LogP contribution is 2.14. The van der Waals surface area contributed by atoms with Gasteiger partial charge in [0.25, 0.3) is 0 Å².